The van der Waals surface area contributed by atoms with E-state index < -0.39 is 10.0 Å². The summed E-state index contributed by atoms with van der Waals surface area (Å²) in [6, 6.07) is 6.34. The quantitative estimate of drug-likeness (QED) is 0.924. The van der Waals surface area contributed by atoms with Gasteiger partial charge in [0.05, 0.1) is 4.90 Å². The maximum Gasteiger partial charge on any atom is 0.242 e. The number of anilines is 1. The summed E-state index contributed by atoms with van der Waals surface area (Å²) in [6.07, 6.45) is 3.30. The first-order valence-corrected chi connectivity index (χ1v) is 8.65. The van der Waals surface area contributed by atoms with Gasteiger partial charge in [0.1, 0.15) is 0 Å². The van der Waals surface area contributed by atoms with Gasteiger partial charge >= 0.3 is 0 Å². The summed E-state index contributed by atoms with van der Waals surface area (Å²) in [5.41, 5.74) is 0.651. The van der Waals surface area contributed by atoms with E-state index in [1.807, 2.05) is 0 Å². The molecule has 0 spiro atoms. The lowest BCUT2D eigenvalue weighted by molar-refractivity contribution is -0.120. The molecule has 6 heteroatoms. The van der Waals surface area contributed by atoms with Crippen LogP contribution < -0.4 is 5.32 Å². The van der Waals surface area contributed by atoms with Crippen LogP contribution in [0.2, 0.25) is 0 Å². The number of hydrogen-bond donors (Lipinski definition) is 1. The Kier molecular flexibility index (Phi) is 3.53. The Morgan fingerprint density at radius 2 is 1.67 bits per heavy atom. The summed E-state index contributed by atoms with van der Waals surface area (Å²) >= 11 is 0. The average molecular weight is 308 g/mol. The number of carbonyl (C=O) groups is 1. The lowest BCUT2D eigenvalue weighted by Crippen LogP contribution is -2.23. The van der Waals surface area contributed by atoms with Crippen molar-refractivity contribution in [3.63, 3.8) is 0 Å². The second kappa shape index (κ2) is 5.10. The molecule has 0 radical (unpaired) electrons. The predicted molar refractivity (Wildman–Crippen MR) is 80.3 cm³/mol. The fourth-order valence-electron chi connectivity index (χ4n) is 3.09. The van der Waals surface area contributed by atoms with Crippen LogP contribution in [0.3, 0.4) is 0 Å². The average Bonchev–Trinajstić information content (AvgIpc) is 3.05. The van der Waals surface area contributed by atoms with Crippen LogP contribution in [-0.4, -0.2) is 32.7 Å². The normalized spacial score (nSPS) is 27.5. The molecule has 1 aromatic rings. The van der Waals surface area contributed by atoms with Gasteiger partial charge in [-0.1, -0.05) is 0 Å². The lowest BCUT2D eigenvalue weighted by Gasteiger charge is -2.14. The van der Waals surface area contributed by atoms with Gasteiger partial charge in [0.2, 0.25) is 15.9 Å². The van der Waals surface area contributed by atoms with Crippen LogP contribution in [0.25, 0.3) is 0 Å². The molecule has 0 saturated heterocycles. The van der Waals surface area contributed by atoms with E-state index in [-0.39, 0.29) is 16.7 Å². The van der Waals surface area contributed by atoms with Crippen molar-refractivity contribution in [2.24, 2.45) is 17.8 Å². The first-order chi connectivity index (χ1) is 9.88. The fourth-order valence-corrected chi connectivity index (χ4v) is 4.00. The van der Waals surface area contributed by atoms with Crippen molar-refractivity contribution in [3.05, 3.63) is 24.3 Å². The molecule has 114 valence electrons. The summed E-state index contributed by atoms with van der Waals surface area (Å²) in [5, 5.41) is 2.89. The van der Waals surface area contributed by atoms with E-state index in [1.54, 1.807) is 12.1 Å². The first-order valence-electron chi connectivity index (χ1n) is 7.21. The second-order valence-electron chi connectivity index (χ2n) is 6.23. The zero-order valence-electron chi connectivity index (χ0n) is 12.2. The maximum absolute atomic E-state index is 12.1. The van der Waals surface area contributed by atoms with Crippen molar-refractivity contribution in [1.29, 1.82) is 0 Å². The molecular formula is C15H20N2O3S. The Labute approximate surface area is 125 Å². The van der Waals surface area contributed by atoms with Crippen molar-refractivity contribution in [2.45, 2.75) is 24.2 Å². The van der Waals surface area contributed by atoms with Crippen molar-refractivity contribution in [3.8, 4) is 0 Å². The van der Waals surface area contributed by atoms with Crippen molar-refractivity contribution in [2.75, 3.05) is 19.4 Å². The summed E-state index contributed by atoms with van der Waals surface area (Å²) in [4.78, 5) is 12.4. The molecule has 2 aliphatic carbocycles. The van der Waals surface area contributed by atoms with Gasteiger partial charge in [-0.25, -0.2) is 12.7 Å². The predicted octanol–water partition coefficient (Wildman–Crippen LogP) is 1.92. The van der Waals surface area contributed by atoms with Crippen molar-refractivity contribution < 1.29 is 13.2 Å². The van der Waals surface area contributed by atoms with Crippen LogP contribution in [0.4, 0.5) is 5.69 Å². The van der Waals surface area contributed by atoms with E-state index in [4.69, 9.17) is 0 Å². The molecule has 0 bridgehead atoms. The van der Waals surface area contributed by atoms with Gasteiger partial charge < -0.3 is 5.32 Å². The largest absolute Gasteiger partial charge is 0.326 e. The van der Waals surface area contributed by atoms with E-state index in [1.165, 1.54) is 37.0 Å². The zero-order chi connectivity index (χ0) is 15.2. The van der Waals surface area contributed by atoms with E-state index in [9.17, 15) is 13.2 Å². The molecule has 2 unspecified atom stereocenters. The molecule has 0 heterocycles. The number of rotatable bonds is 4. The highest BCUT2D eigenvalue weighted by Crippen LogP contribution is 2.54. The highest BCUT2D eigenvalue weighted by molar-refractivity contribution is 7.89. The van der Waals surface area contributed by atoms with Crippen LogP contribution in [0, 0.1) is 17.8 Å². The molecule has 2 saturated carbocycles. The van der Waals surface area contributed by atoms with Gasteiger partial charge in [0.15, 0.2) is 0 Å². The van der Waals surface area contributed by atoms with Crippen LogP contribution in [0.5, 0.6) is 0 Å². The molecular weight excluding hydrogens is 288 g/mol. The number of carbonyl (C=O) groups excluding carboxylic acids is 1. The Hall–Kier alpha value is -1.40. The summed E-state index contributed by atoms with van der Waals surface area (Å²) in [5.74, 6) is 1.73. The topological polar surface area (TPSA) is 66.5 Å². The van der Waals surface area contributed by atoms with Crippen LogP contribution in [-0.2, 0) is 14.8 Å². The number of nitrogens with one attached hydrogen (secondary N) is 1. The number of benzene rings is 1. The molecule has 2 fully saturated rings. The molecule has 0 aromatic heterocycles. The first kappa shape index (κ1) is 14.5. The number of nitrogens with zero attached hydrogens (tertiary/aromatic N) is 1. The number of amides is 1. The van der Waals surface area contributed by atoms with Crippen LogP contribution >= 0.6 is 0 Å². The molecule has 2 aliphatic rings. The van der Waals surface area contributed by atoms with E-state index in [0.29, 0.717) is 5.69 Å². The Bertz CT molecular complexity index is 642. The summed E-state index contributed by atoms with van der Waals surface area (Å²) in [7, 11) is -0.426. The third-order valence-electron chi connectivity index (χ3n) is 4.51. The Morgan fingerprint density at radius 3 is 2.19 bits per heavy atom. The molecule has 1 N–H and O–H groups in total. The molecule has 1 amide bonds. The standard InChI is InChI=1S/C15H20N2O3S/c1-17(2)21(19,20)14-5-3-13(4-6-14)16-15(18)12-8-10-7-11(10)9-12/h3-6,10-12H,7-9H2,1-2H3,(H,16,18). The molecule has 21 heavy (non-hydrogen) atoms. The number of fused-ring (bicyclic) bond motifs is 1. The van der Waals surface area contributed by atoms with Crippen molar-refractivity contribution >= 4 is 21.6 Å². The number of sulfonamides is 1. The van der Waals surface area contributed by atoms with Crippen molar-refractivity contribution in [1.82, 2.24) is 4.31 Å². The Balaban J connectivity index is 1.66. The minimum Gasteiger partial charge on any atom is -0.326 e. The number of hydrogen-bond acceptors (Lipinski definition) is 3. The minimum atomic E-state index is -3.42. The Morgan fingerprint density at radius 1 is 1.10 bits per heavy atom. The highest BCUT2D eigenvalue weighted by atomic mass is 32.2. The third kappa shape index (κ3) is 2.82. The van der Waals surface area contributed by atoms with Gasteiger partial charge in [-0.05, 0) is 55.4 Å². The van der Waals surface area contributed by atoms with E-state index in [2.05, 4.69) is 5.32 Å². The maximum atomic E-state index is 12.1. The molecule has 2 atom stereocenters. The van der Waals surface area contributed by atoms with Gasteiger partial charge in [-0.2, -0.15) is 0 Å². The molecule has 5 nitrogen and oxygen atoms in total. The lowest BCUT2D eigenvalue weighted by atomic mass is 10.0. The summed E-state index contributed by atoms with van der Waals surface area (Å²) in [6.45, 7) is 0. The van der Waals surface area contributed by atoms with E-state index >= 15 is 0 Å². The van der Waals surface area contributed by atoms with Gasteiger partial charge in [0.25, 0.3) is 0 Å². The molecule has 1 aromatic carbocycles. The third-order valence-corrected chi connectivity index (χ3v) is 6.34. The summed E-state index contributed by atoms with van der Waals surface area (Å²) < 4.78 is 25.1. The van der Waals surface area contributed by atoms with E-state index in [0.717, 1.165) is 24.7 Å². The minimum absolute atomic E-state index is 0.0606. The second-order valence-corrected chi connectivity index (χ2v) is 8.38. The SMILES string of the molecule is CN(C)S(=O)(=O)c1ccc(NC(=O)C2CC3CC3C2)cc1. The zero-order valence-corrected chi connectivity index (χ0v) is 13.1. The monoisotopic (exact) mass is 308 g/mol. The highest BCUT2D eigenvalue weighted by Gasteiger charge is 2.47. The van der Waals surface area contributed by atoms with Crippen LogP contribution in [0.15, 0.2) is 29.2 Å². The molecule has 0 aliphatic heterocycles. The van der Waals surface area contributed by atoms with Gasteiger partial charge in [-0.3, -0.25) is 4.79 Å². The fraction of sp³-hybridized carbons (Fsp3) is 0.533. The molecule has 3 rings (SSSR count). The van der Waals surface area contributed by atoms with Gasteiger partial charge in [-0.15, -0.1) is 0 Å². The smallest absolute Gasteiger partial charge is 0.242 e. The van der Waals surface area contributed by atoms with Crippen LogP contribution in [0.1, 0.15) is 19.3 Å². The van der Waals surface area contributed by atoms with Gasteiger partial charge in [0, 0.05) is 25.7 Å².